The highest BCUT2D eigenvalue weighted by Gasteiger charge is 2.17. The van der Waals surface area contributed by atoms with E-state index in [0.29, 0.717) is 17.1 Å². The lowest BCUT2D eigenvalue weighted by Gasteiger charge is -2.10. The zero-order valence-electron chi connectivity index (χ0n) is 16.2. The van der Waals surface area contributed by atoms with Gasteiger partial charge in [-0.05, 0) is 47.0 Å². The summed E-state index contributed by atoms with van der Waals surface area (Å²) < 4.78 is 2.20. The largest absolute Gasteiger partial charge is 0.366 e. The Kier molecular flexibility index (Phi) is 4.53. The maximum atomic E-state index is 12.1. The molecule has 4 aromatic carbocycles. The summed E-state index contributed by atoms with van der Waals surface area (Å²) in [6.45, 7) is 0.656. The summed E-state index contributed by atoms with van der Waals surface area (Å²) in [5, 5.41) is 2.50. The van der Waals surface area contributed by atoms with Gasteiger partial charge in [0.05, 0.1) is 11.0 Å². The van der Waals surface area contributed by atoms with Gasteiger partial charge in [-0.2, -0.15) is 0 Å². The van der Waals surface area contributed by atoms with Crippen molar-refractivity contribution < 1.29 is 4.79 Å². The van der Waals surface area contributed by atoms with Gasteiger partial charge in [0.1, 0.15) is 0 Å². The van der Waals surface area contributed by atoms with E-state index in [-0.39, 0.29) is 0 Å². The van der Waals surface area contributed by atoms with E-state index in [9.17, 15) is 4.79 Å². The molecule has 0 saturated heterocycles. The first-order valence-electron chi connectivity index (χ1n) is 9.76. The number of fused-ring (bicyclic) bond motifs is 3. The van der Waals surface area contributed by atoms with E-state index in [2.05, 4.69) is 41.0 Å². The number of benzene rings is 4. The van der Waals surface area contributed by atoms with E-state index >= 15 is 0 Å². The second kappa shape index (κ2) is 7.36. The second-order valence-electron chi connectivity index (χ2n) is 7.38. The lowest BCUT2D eigenvalue weighted by molar-refractivity contribution is 0.100. The van der Waals surface area contributed by atoms with Crippen LogP contribution in [0.4, 0.5) is 0 Å². The molecular formula is C26H19ClN2O. The summed E-state index contributed by atoms with van der Waals surface area (Å²) in [5.41, 5.74) is 11.7. The molecule has 1 amide bonds. The minimum atomic E-state index is -0.430. The number of halogens is 1. The van der Waals surface area contributed by atoms with Gasteiger partial charge in [0, 0.05) is 27.9 Å². The van der Waals surface area contributed by atoms with Crippen molar-refractivity contribution in [1.29, 1.82) is 0 Å². The molecule has 146 valence electrons. The van der Waals surface area contributed by atoms with E-state index in [1.54, 1.807) is 6.07 Å². The fraction of sp³-hybridized carbons (Fsp3) is 0.0385. The average molecular weight is 411 g/mol. The molecule has 2 N–H and O–H groups in total. The van der Waals surface area contributed by atoms with Gasteiger partial charge < -0.3 is 10.3 Å². The number of aromatic nitrogens is 1. The number of hydrogen-bond acceptors (Lipinski definition) is 1. The molecular weight excluding hydrogens is 392 g/mol. The van der Waals surface area contributed by atoms with Crippen molar-refractivity contribution >= 4 is 39.3 Å². The van der Waals surface area contributed by atoms with Crippen LogP contribution in [0.1, 0.15) is 15.9 Å². The van der Waals surface area contributed by atoms with Crippen LogP contribution in [0, 0.1) is 0 Å². The molecule has 0 fully saturated rings. The van der Waals surface area contributed by atoms with Crippen LogP contribution in [0.2, 0.25) is 5.02 Å². The first-order valence-corrected chi connectivity index (χ1v) is 10.1. The monoisotopic (exact) mass is 410 g/mol. The molecule has 0 unspecified atom stereocenters. The predicted molar refractivity (Wildman–Crippen MR) is 124 cm³/mol. The quantitative estimate of drug-likeness (QED) is 0.373. The van der Waals surface area contributed by atoms with Crippen LogP contribution in [-0.2, 0) is 6.54 Å². The molecule has 0 spiro atoms. The molecule has 5 aromatic rings. The maximum Gasteiger partial charge on any atom is 0.249 e. The Bertz CT molecular complexity index is 1400. The van der Waals surface area contributed by atoms with Crippen molar-refractivity contribution in [3.63, 3.8) is 0 Å². The number of nitrogens with two attached hydrogens (primary N) is 1. The molecule has 0 aliphatic carbocycles. The molecule has 4 heteroatoms. The fourth-order valence-electron chi connectivity index (χ4n) is 4.16. The third kappa shape index (κ3) is 3.14. The van der Waals surface area contributed by atoms with E-state index in [1.807, 2.05) is 48.5 Å². The standard InChI is InChI=1S/C26H19ClN2O/c27-20-12-13-21-24(15-20)29(23-11-5-10-22(25(21)23)26(28)30)16-17-6-4-9-19(14-17)18-7-2-1-3-8-18/h1-15H,16H2,(H2,28,30). The molecule has 30 heavy (non-hydrogen) atoms. The van der Waals surface area contributed by atoms with E-state index in [0.717, 1.165) is 21.8 Å². The van der Waals surface area contributed by atoms with Crippen LogP contribution in [-0.4, -0.2) is 10.5 Å². The lowest BCUT2D eigenvalue weighted by atomic mass is 10.0. The van der Waals surface area contributed by atoms with Gasteiger partial charge in [-0.25, -0.2) is 0 Å². The number of nitrogens with zero attached hydrogens (tertiary/aromatic N) is 1. The number of hydrogen-bond donors (Lipinski definition) is 1. The topological polar surface area (TPSA) is 48.0 Å². The maximum absolute atomic E-state index is 12.1. The van der Waals surface area contributed by atoms with Gasteiger partial charge in [0.15, 0.2) is 0 Å². The number of amides is 1. The van der Waals surface area contributed by atoms with Gasteiger partial charge >= 0.3 is 0 Å². The Morgan fingerprint density at radius 2 is 1.57 bits per heavy atom. The van der Waals surface area contributed by atoms with Gasteiger partial charge in [0.2, 0.25) is 5.91 Å². The summed E-state index contributed by atoms with van der Waals surface area (Å²) in [6, 6.07) is 30.3. The molecule has 1 aromatic heterocycles. The first-order chi connectivity index (χ1) is 14.6. The van der Waals surface area contributed by atoms with Gasteiger partial charge in [0.25, 0.3) is 0 Å². The van der Waals surface area contributed by atoms with Crippen LogP contribution in [0.5, 0.6) is 0 Å². The van der Waals surface area contributed by atoms with E-state index in [4.69, 9.17) is 17.3 Å². The number of carbonyl (C=O) groups is 1. The minimum absolute atomic E-state index is 0.430. The number of carbonyl (C=O) groups excluding carboxylic acids is 1. The Hall–Kier alpha value is -3.56. The Morgan fingerprint density at radius 3 is 2.37 bits per heavy atom. The van der Waals surface area contributed by atoms with E-state index in [1.165, 1.54) is 16.7 Å². The minimum Gasteiger partial charge on any atom is -0.366 e. The molecule has 3 nitrogen and oxygen atoms in total. The zero-order chi connectivity index (χ0) is 20.7. The van der Waals surface area contributed by atoms with Crippen LogP contribution in [0.15, 0.2) is 91.0 Å². The number of rotatable bonds is 4. The van der Waals surface area contributed by atoms with Crippen molar-refractivity contribution in [2.45, 2.75) is 6.54 Å². The predicted octanol–water partition coefficient (Wildman–Crippen LogP) is 6.26. The third-order valence-corrected chi connectivity index (χ3v) is 5.73. The summed E-state index contributed by atoms with van der Waals surface area (Å²) in [5.74, 6) is -0.430. The summed E-state index contributed by atoms with van der Waals surface area (Å²) in [7, 11) is 0. The van der Waals surface area contributed by atoms with Crippen LogP contribution in [0.3, 0.4) is 0 Å². The number of primary amides is 1. The van der Waals surface area contributed by atoms with Crippen molar-refractivity contribution in [3.8, 4) is 11.1 Å². The third-order valence-electron chi connectivity index (χ3n) is 5.49. The van der Waals surface area contributed by atoms with Gasteiger partial charge in [-0.1, -0.05) is 72.3 Å². The second-order valence-corrected chi connectivity index (χ2v) is 7.81. The molecule has 0 atom stereocenters. The van der Waals surface area contributed by atoms with Gasteiger partial charge in [-0.3, -0.25) is 4.79 Å². The highest BCUT2D eigenvalue weighted by molar-refractivity contribution is 6.32. The summed E-state index contributed by atoms with van der Waals surface area (Å²) in [6.07, 6.45) is 0. The molecule has 0 saturated carbocycles. The van der Waals surface area contributed by atoms with Gasteiger partial charge in [-0.15, -0.1) is 0 Å². The van der Waals surface area contributed by atoms with Crippen molar-refractivity contribution in [1.82, 2.24) is 4.57 Å². The highest BCUT2D eigenvalue weighted by atomic mass is 35.5. The molecule has 0 radical (unpaired) electrons. The van der Waals surface area contributed by atoms with Crippen LogP contribution >= 0.6 is 11.6 Å². The fourth-order valence-corrected chi connectivity index (χ4v) is 4.32. The molecule has 5 rings (SSSR count). The Balaban J connectivity index is 1.70. The van der Waals surface area contributed by atoms with Crippen molar-refractivity contribution in [3.05, 3.63) is 107 Å². The summed E-state index contributed by atoms with van der Waals surface area (Å²) >= 11 is 6.32. The zero-order valence-corrected chi connectivity index (χ0v) is 16.9. The van der Waals surface area contributed by atoms with Crippen LogP contribution < -0.4 is 5.73 Å². The highest BCUT2D eigenvalue weighted by Crippen LogP contribution is 2.34. The average Bonchev–Trinajstić information content (AvgIpc) is 3.07. The summed E-state index contributed by atoms with van der Waals surface area (Å²) in [4.78, 5) is 12.1. The SMILES string of the molecule is NC(=O)c1cccc2c1c1ccc(Cl)cc1n2Cc1cccc(-c2ccccc2)c1. The molecule has 0 bridgehead atoms. The molecule has 1 heterocycles. The van der Waals surface area contributed by atoms with Crippen molar-refractivity contribution in [2.24, 2.45) is 5.73 Å². The molecule has 0 aliphatic heterocycles. The lowest BCUT2D eigenvalue weighted by Crippen LogP contribution is -2.11. The van der Waals surface area contributed by atoms with Crippen LogP contribution in [0.25, 0.3) is 32.9 Å². The smallest absolute Gasteiger partial charge is 0.249 e. The van der Waals surface area contributed by atoms with Crippen molar-refractivity contribution in [2.75, 3.05) is 0 Å². The molecule has 0 aliphatic rings. The van der Waals surface area contributed by atoms with E-state index < -0.39 is 5.91 Å². The Labute approximate surface area is 179 Å². The Morgan fingerprint density at radius 1 is 0.800 bits per heavy atom. The normalized spacial score (nSPS) is 11.2. The first kappa shape index (κ1) is 18.5.